The molecule has 0 fully saturated rings. The second-order valence-electron chi connectivity index (χ2n) is 22.7. The van der Waals surface area contributed by atoms with E-state index in [0.717, 1.165) is 121 Å². The van der Waals surface area contributed by atoms with Crippen LogP contribution in [-0.2, 0) is 0 Å². The van der Waals surface area contributed by atoms with Gasteiger partial charge < -0.3 is 0 Å². The van der Waals surface area contributed by atoms with Crippen LogP contribution in [0, 0.1) is 62.3 Å². The van der Waals surface area contributed by atoms with Crippen LogP contribution in [0.5, 0.6) is 0 Å². The van der Waals surface area contributed by atoms with Gasteiger partial charge >= 0.3 is 0 Å². The standard InChI is InChI=1S/9C9H8N2.9C2H6/c1-7-9-3-4-10-6-8(9)2-5-11-7;1-7-9-6-10-4-2-8(9)3-5-11-7;1-7-4-8-6-10-3-2-9(8)11-5-7;1-7-4-8-2-3-10-6-9(8)11-5-7;1-7-8-3-2-5-11-9(8)4-6-10-7;1-7-9-8(4-6-10-7)3-2-5-11-9;1-7-5-9-8(11-6-7)3-2-4-10-9;1-7-5-8-3-2-4-10-9(8)11-6-7;1-7-8-4-2-3-5-9(8)11-6-10-7;9*1-2/h9*2-6H,1H3;9*1-2H3. The zero-order valence-corrected chi connectivity index (χ0v) is 74.5. The maximum atomic E-state index is 4.24. The Hall–Kier alpha value is -13.0. The summed E-state index contributed by atoms with van der Waals surface area (Å²) in [5.41, 5.74) is 17.6. The highest BCUT2D eigenvalue weighted by atomic mass is 14.8. The second kappa shape index (κ2) is 62.5. The molecule has 0 saturated heterocycles. The number of benzene rings is 1. The number of hydrogen-bond acceptors (Lipinski definition) is 18. The minimum Gasteiger partial charge on any atom is -0.264 e. The summed E-state index contributed by atoms with van der Waals surface area (Å²) in [7, 11) is 0. The first-order chi connectivity index (χ1) is 57.3. The largest absolute Gasteiger partial charge is 0.264 e. The topological polar surface area (TPSA) is 232 Å². The Bertz CT molecular complexity index is 4830. The molecule has 0 aliphatic rings. The molecule has 1 aromatic carbocycles. The Morgan fingerprint density at radius 1 is 0.179 bits per heavy atom. The van der Waals surface area contributed by atoms with Crippen LogP contribution in [-0.4, -0.2) is 89.7 Å². The summed E-state index contributed by atoms with van der Waals surface area (Å²) in [5, 5.41) is 11.5. The highest BCUT2D eigenvalue weighted by Crippen LogP contribution is 2.18. The third-order valence-electron chi connectivity index (χ3n) is 15.1. The Labute approximate surface area is 697 Å². The average molecular weight is 1570 g/mol. The molecule has 0 saturated carbocycles. The Balaban J connectivity index is 0.000000642. The fourth-order valence-corrected chi connectivity index (χ4v) is 10.0. The molecule has 0 amide bonds. The third-order valence-corrected chi connectivity index (χ3v) is 15.1. The summed E-state index contributed by atoms with van der Waals surface area (Å²) in [6, 6.07) is 47.7. The van der Waals surface area contributed by atoms with Crippen molar-refractivity contribution in [1.82, 2.24) is 89.7 Å². The lowest BCUT2D eigenvalue weighted by Crippen LogP contribution is -1.85. The van der Waals surface area contributed by atoms with Gasteiger partial charge in [0.25, 0.3) is 0 Å². The zero-order valence-electron chi connectivity index (χ0n) is 74.5. The number of pyridine rings is 16. The first kappa shape index (κ1) is 102. The van der Waals surface area contributed by atoms with Crippen LogP contribution in [0.1, 0.15) is 175 Å². The molecule has 18 heteroatoms. The summed E-state index contributed by atoms with van der Waals surface area (Å²) >= 11 is 0. The van der Waals surface area contributed by atoms with Gasteiger partial charge in [0.15, 0.2) is 5.65 Å². The van der Waals surface area contributed by atoms with E-state index >= 15 is 0 Å². The van der Waals surface area contributed by atoms with Crippen LogP contribution in [0.25, 0.3) is 98.1 Å². The number of nitrogens with zero attached hydrogens (tertiary/aromatic N) is 18. The van der Waals surface area contributed by atoms with E-state index in [1.165, 1.54) is 27.5 Å². The van der Waals surface area contributed by atoms with Crippen LogP contribution in [0.4, 0.5) is 0 Å². The molecule has 18 rings (SSSR count). The van der Waals surface area contributed by atoms with Crippen LogP contribution >= 0.6 is 0 Å². The molecule has 18 nitrogen and oxygen atoms in total. The summed E-state index contributed by atoms with van der Waals surface area (Å²) in [5.74, 6) is 0. The fourth-order valence-electron chi connectivity index (χ4n) is 10.0. The summed E-state index contributed by atoms with van der Waals surface area (Å²) in [6.07, 6.45) is 37.7. The summed E-state index contributed by atoms with van der Waals surface area (Å²) < 4.78 is 0. The van der Waals surface area contributed by atoms with Gasteiger partial charge in [0, 0.05) is 189 Å². The molecular weight excluding hydrogens is 1440 g/mol. The molecule has 18 aromatic rings. The van der Waals surface area contributed by atoms with Gasteiger partial charge in [-0.15, -0.1) is 0 Å². The predicted molar refractivity (Wildman–Crippen MR) is 501 cm³/mol. The van der Waals surface area contributed by atoms with Crippen LogP contribution < -0.4 is 0 Å². The number of aromatic nitrogens is 18. The van der Waals surface area contributed by atoms with E-state index in [0.29, 0.717) is 0 Å². The zero-order chi connectivity index (χ0) is 87.1. The molecule has 0 unspecified atom stereocenters. The molecule has 0 radical (unpaired) electrons. The molecule has 0 bridgehead atoms. The van der Waals surface area contributed by atoms with Crippen LogP contribution in [0.2, 0.25) is 0 Å². The second-order valence-corrected chi connectivity index (χ2v) is 22.7. The lowest BCUT2D eigenvalue weighted by molar-refractivity contribution is 1.15. The van der Waals surface area contributed by atoms with Gasteiger partial charge in [0.05, 0.1) is 50.5 Å². The Morgan fingerprint density at radius 2 is 0.573 bits per heavy atom. The van der Waals surface area contributed by atoms with E-state index in [9.17, 15) is 0 Å². The smallest absolute Gasteiger partial charge is 0.159 e. The van der Waals surface area contributed by atoms with Gasteiger partial charge in [0.2, 0.25) is 0 Å². The first-order valence-electron chi connectivity index (χ1n) is 40.8. The number of fused-ring (bicyclic) bond motifs is 9. The molecule has 17 aromatic heterocycles. The summed E-state index contributed by atoms with van der Waals surface area (Å²) in [4.78, 5) is 74.5. The van der Waals surface area contributed by atoms with Crippen LogP contribution in [0.15, 0.2) is 276 Å². The quantitative estimate of drug-likeness (QED) is 0.137. The molecule has 117 heavy (non-hydrogen) atoms. The van der Waals surface area contributed by atoms with E-state index in [2.05, 4.69) is 108 Å². The number of rotatable bonds is 0. The maximum Gasteiger partial charge on any atom is 0.159 e. The van der Waals surface area contributed by atoms with Crippen molar-refractivity contribution in [2.75, 3.05) is 0 Å². The van der Waals surface area contributed by atoms with Gasteiger partial charge in [-0.2, -0.15) is 0 Å². The number of aryl methyl sites for hydroxylation is 9. The van der Waals surface area contributed by atoms with Gasteiger partial charge in [-0.1, -0.05) is 149 Å². The molecule has 0 spiro atoms. The Kier molecular flexibility index (Phi) is 54.5. The minimum absolute atomic E-state index is 0.818. The Morgan fingerprint density at radius 3 is 1.20 bits per heavy atom. The van der Waals surface area contributed by atoms with Crippen LogP contribution in [0.3, 0.4) is 0 Å². The first-order valence-corrected chi connectivity index (χ1v) is 40.8. The van der Waals surface area contributed by atoms with Crippen molar-refractivity contribution >= 4 is 98.1 Å². The highest BCUT2D eigenvalue weighted by Gasteiger charge is 2.01. The molecule has 17 heterocycles. The lowest BCUT2D eigenvalue weighted by Gasteiger charge is -1.97. The predicted octanol–water partition coefficient (Wildman–Crippen LogP) is 26.7. The molecular formula is C99H126N18. The SMILES string of the molecule is CC.CC.CC.CC.CC.CC.CC.CC.CC.Cc1cnc2cccnc2c1.Cc1cnc2ccncc2c1.Cc1cnc2cnccc2c1.Cc1cnc2ncccc2c1.Cc1nccc2cccnc12.Cc1nccc2ccncc12.Cc1nccc2cnccc12.Cc1nccc2ncccc12.Cc1ncnc2ccccc12. The number of para-hydroxylation sites is 1. The normalized spacial score (nSPS) is 9.15. The van der Waals surface area contributed by atoms with E-state index < -0.39 is 0 Å². The molecule has 612 valence electrons. The van der Waals surface area contributed by atoms with Crippen molar-refractivity contribution in [1.29, 1.82) is 0 Å². The van der Waals surface area contributed by atoms with Gasteiger partial charge in [-0.25, -0.2) is 19.9 Å². The van der Waals surface area contributed by atoms with E-state index in [-0.39, 0.29) is 0 Å². The van der Waals surface area contributed by atoms with E-state index in [1.54, 1.807) is 80.7 Å². The highest BCUT2D eigenvalue weighted by molar-refractivity contribution is 5.85. The van der Waals surface area contributed by atoms with E-state index in [4.69, 9.17) is 0 Å². The fraction of sp³-hybridized carbons (Fsp3) is 0.273. The van der Waals surface area contributed by atoms with Gasteiger partial charge in [-0.3, -0.25) is 69.8 Å². The van der Waals surface area contributed by atoms with Crippen molar-refractivity contribution in [2.45, 2.75) is 187 Å². The number of hydrogen-bond donors (Lipinski definition) is 0. The summed E-state index contributed by atoms with van der Waals surface area (Å²) in [6.45, 7) is 54.0. The van der Waals surface area contributed by atoms with Crippen molar-refractivity contribution in [3.63, 3.8) is 0 Å². The van der Waals surface area contributed by atoms with Crippen molar-refractivity contribution in [2.24, 2.45) is 0 Å². The third kappa shape index (κ3) is 35.5. The lowest BCUT2D eigenvalue weighted by atomic mass is 10.2. The molecule has 0 atom stereocenters. The monoisotopic (exact) mass is 1570 g/mol. The van der Waals surface area contributed by atoms with Gasteiger partial charge in [-0.05, 0) is 211 Å². The van der Waals surface area contributed by atoms with Crippen molar-refractivity contribution in [3.8, 4) is 0 Å². The minimum atomic E-state index is 0.818. The average Bonchev–Trinajstić information content (AvgIpc) is 1.58. The van der Waals surface area contributed by atoms with E-state index in [1.807, 2.05) is 364 Å². The molecule has 0 N–H and O–H groups in total. The molecule has 0 aliphatic heterocycles. The van der Waals surface area contributed by atoms with Crippen molar-refractivity contribution < 1.29 is 0 Å². The maximum absolute atomic E-state index is 4.24. The molecule has 0 aliphatic carbocycles. The van der Waals surface area contributed by atoms with Gasteiger partial charge in [0.1, 0.15) is 6.33 Å². The van der Waals surface area contributed by atoms with Crippen molar-refractivity contribution in [3.05, 3.63) is 327 Å².